The van der Waals surface area contributed by atoms with Gasteiger partial charge in [0.05, 0.1) is 11.7 Å². The number of hydrogen-bond donors (Lipinski definition) is 1. The van der Waals surface area contributed by atoms with E-state index in [4.69, 9.17) is 5.73 Å². The van der Waals surface area contributed by atoms with Crippen LogP contribution >= 0.6 is 11.3 Å². The van der Waals surface area contributed by atoms with E-state index in [2.05, 4.69) is 31.1 Å². The van der Waals surface area contributed by atoms with E-state index >= 15 is 0 Å². The maximum absolute atomic E-state index is 6.08. The predicted octanol–water partition coefficient (Wildman–Crippen LogP) is 3.92. The molecule has 3 heteroatoms. The summed E-state index contributed by atoms with van der Waals surface area (Å²) in [6, 6.07) is 0.106. The second kappa shape index (κ2) is 7.02. The molecule has 0 saturated heterocycles. The Morgan fingerprint density at radius 2 is 2.06 bits per heavy atom. The van der Waals surface area contributed by atoms with Gasteiger partial charge in [-0.3, -0.25) is 0 Å². The molecule has 0 amide bonds. The zero-order valence-electron chi connectivity index (χ0n) is 10.7. The molecule has 0 aliphatic carbocycles. The van der Waals surface area contributed by atoms with Crippen LogP contribution in [0.2, 0.25) is 0 Å². The monoisotopic (exact) mass is 240 g/mol. The highest BCUT2D eigenvalue weighted by atomic mass is 32.1. The van der Waals surface area contributed by atoms with Crippen LogP contribution in [0.4, 0.5) is 0 Å². The van der Waals surface area contributed by atoms with E-state index < -0.39 is 0 Å². The molecule has 1 aromatic rings. The number of thiazole rings is 1. The van der Waals surface area contributed by atoms with Crippen molar-refractivity contribution in [2.75, 3.05) is 0 Å². The standard InChI is InChI=1S/C13H24N2S/c1-4-5-6-7-8-11-9-16-13(15-11)12(14)10(2)3/h9-10,12H,4-8,14H2,1-3H3. The molecule has 0 bridgehead atoms. The summed E-state index contributed by atoms with van der Waals surface area (Å²) in [5, 5.41) is 3.27. The molecule has 16 heavy (non-hydrogen) atoms. The van der Waals surface area contributed by atoms with Gasteiger partial charge in [0.1, 0.15) is 5.01 Å². The van der Waals surface area contributed by atoms with Gasteiger partial charge in [0.15, 0.2) is 0 Å². The minimum atomic E-state index is 0.106. The molecule has 2 nitrogen and oxygen atoms in total. The van der Waals surface area contributed by atoms with Crippen LogP contribution in [0.3, 0.4) is 0 Å². The number of hydrogen-bond acceptors (Lipinski definition) is 3. The lowest BCUT2D eigenvalue weighted by atomic mass is 10.1. The summed E-state index contributed by atoms with van der Waals surface area (Å²) < 4.78 is 0. The molecular formula is C13H24N2S. The van der Waals surface area contributed by atoms with Crippen LogP contribution in [0.15, 0.2) is 5.38 Å². The number of unbranched alkanes of at least 4 members (excludes halogenated alkanes) is 3. The molecule has 0 fully saturated rings. The van der Waals surface area contributed by atoms with Gasteiger partial charge in [-0.25, -0.2) is 4.98 Å². The molecule has 2 N–H and O–H groups in total. The molecule has 1 rings (SSSR count). The lowest BCUT2D eigenvalue weighted by molar-refractivity contribution is 0.510. The van der Waals surface area contributed by atoms with Gasteiger partial charge in [-0.1, -0.05) is 40.0 Å². The van der Waals surface area contributed by atoms with Crippen molar-refractivity contribution in [1.82, 2.24) is 4.98 Å². The largest absolute Gasteiger partial charge is 0.322 e. The highest BCUT2D eigenvalue weighted by Gasteiger charge is 2.14. The van der Waals surface area contributed by atoms with Crippen molar-refractivity contribution in [3.63, 3.8) is 0 Å². The van der Waals surface area contributed by atoms with Crippen LogP contribution in [-0.4, -0.2) is 4.98 Å². The molecule has 0 aromatic carbocycles. The zero-order chi connectivity index (χ0) is 12.0. The Balaban J connectivity index is 2.39. The lowest BCUT2D eigenvalue weighted by Gasteiger charge is -2.11. The zero-order valence-corrected chi connectivity index (χ0v) is 11.5. The number of rotatable bonds is 7. The Labute approximate surface area is 103 Å². The summed E-state index contributed by atoms with van der Waals surface area (Å²) in [6.45, 7) is 6.53. The Kier molecular flexibility index (Phi) is 5.99. The van der Waals surface area contributed by atoms with Crippen LogP contribution in [0, 0.1) is 5.92 Å². The first-order valence-electron chi connectivity index (χ1n) is 6.35. The third-order valence-corrected chi connectivity index (χ3v) is 3.85. The van der Waals surface area contributed by atoms with Crippen molar-refractivity contribution < 1.29 is 0 Å². The highest BCUT2D eigenvalue weighted by Crippen LogP contribution is 2.23. The first-order valence-corrected chi connectivity index (χ1v) is 7.23. The van der Waals surface area contributed by atoms with Crippen molar-refractivity contribution in [1.29, 1.82) is 0 Å². The van der Waals surface area contributed by atoms with Gasteiger partial charge < -0.3 is 5.73 Å². The molecule has 1 unspecified atom stereocenters. The van der Waals surface area contributed by atoms with Gasteiger partial charge in [-0.2, -0.15) is 0 Å². The molecule has 0 spiro atoms. The molecule has 1 heterocycles. The fraction of sp³-hybridized carbons (Fsp3) is 0.769. The van der Waals surface area contributed by atoms with Crippen molar-refractivity contribution in [2.45, 2.75) is 58.9 Å². The molecule has 0 radical (unpaired) electrons. The van der Waals surface area contributed by atoms with Crippen molar-refractivity contribution in [2.24, 2.45) is 11.7 Å². The summed E-state index contributed by atoms with van der Waals surface area (Å²) >= 11 is 1.71. The minimum Gasteiger partial charge on any atom is -0.322 e. The summed E-state index contributed by atoms with van der Waals surface area (Å²) in [7, 11) is 0. The number of nitrogens with two attached hydrogens (primary N) is 1. The lowest BCUT2D eigenvalue weighted by Crippen LogP contribution is -2.16. The second-order valence-corrected chi connectivity index (χ2v) is 5.65. The van der Waals surface area contributed by atoms with Gasteiger partial charge >= 0.3 is 0 Å². The van der Waals surface area contributed by atoms with Crippen LogP contribution in [0.1, 0.15) is 63.2 Å². The van der Waals surface area contributed by atoms with Crippen LogP contribution < -0.4 is 5.73 Å². The Morgan fingerprint density at radius 3 is 2.69 bits per heavy atom. The summed E-state index contributed by atoms with van der Waals surface area (Å²) in [6.07, 6.45) is 6.32. The summed E-state index contributed by atoms with van der Waals surface area (Å²) in [5.74, 6) is 0.471. The van der Waals surface area contributed by atoms with Gasteiger partial charge in [-0.15, -0.1) is 11.3 Å². The number of aromatic nitrogens is 1. The van der Waals surface area contributed by atoms with E-state index in [1.165, 1.54) is 31.4 Å². The molecule has 0 aliphatic rings. The van der Waals surface area contributed by atoms with Crippen molar-refractivity contribution in [3.8, 4) is 0 Å². The Hall–Kier alpha value is -0.410. The van der Waals surface area contributed by atoms with Crippen LogP contribution in [0.25, 0.3) is 0 Å². The number of aryl methyl sites for hydroxylation is 1. The van der Waals surface area contributed by atoms with Gasteiger partial charge in [-0.05, 0) is 18.8 Å². The van der Waals surface area contributed by atoms with Crippen LogP contribution in [0.5, 0.6) is 0 Å². The topological polar surface area (TPSA) is 38.9 Å². The summed E-state index contributed by atoms with van der Waals surface area (Å²) in [4.78, 5) is 4.62. The average molecular weight is 240 g/mol. The SMILES string of the molecule is CCCCCCc1csc(C(N)C(C)C)n1. The fourth-order valence-corrected chi connectivity index (χ4v) is 2.64. The smallest absolute Gasteiger partial charge is 0.110 e. The summed E-state index contributed by atoms with van der Waals surface area (Å²) in [5.41, 5.74) is 7.30. The van der Waals surface area contributed by atoms with E-state index in [0.717, 1.165) is 11.4 Å². The molecule has 0 saturated carbocycles. The van der Waals surface area contributed by atoms with Crippen molar-refractivity contribution >= 4 is 11.3 Å². The quantitative estimate of drug-likeness (QED) is 0.734. The molecule has 1 atom stereocenters. The van der Waals surface area contributed by atoms with Crippen molar-refractivity contribution in [3.05, 3.63) is 16.1 Å². The van der Waals surface area contributed by atoms with E-state index in [-0.39, 0.29) is 6.04 Å². The predicted molar refractivity (Wildman–Crippen MR) is 71.7 cm³/mol. The molecule has 0 aliphatic heterocycles. The van der Waals surface area contributed by atoms with E-state index in [1.54, 1.807) is 11.3 Å². The third kappa shape index (κ3) is 4.22. The van der Waals surface area contributed by atoms with Gasteiger partial charge in [0, 0.05) is 5.38 Å². The molecule has 1 aromatic heterocycles. The minimum absolute atomic E-state index is 0.106. The van der Waals surface area contributed by atoms with Gasteiger partial charge in [0.2, 0.25) is 0 Å². The van der Waals surface area contributed by atoms with Gasteiger partial charge in [0.25, 0.3) is 0 Å². The molecular weight excluding hydrogens is 216 g/mol. The highest BCUT2D eigenvalue weighted by molar-refractivity contribution is 7.09. The normalized spacial score (nSPS) is 13.3. The maximum Gasteiger partial charge on any atom is 0.110 e. The van der Waals surface area contributed by atoms with E-state index in [1.807, 2.05) is 0 Å². The Morgan fingerprint density at radius 1 is 1.31 bits per heavy atom. The maximum atomic E-state index is 6.08. The molecule has 92 valence electrons. The number of nitrogens with zero attached hydrogens (tertiary/aromatic N) is 1. The van der Waals surface area contributed by atoms with E-state index in [9.17, 15) is 0 Å². The second-order valence-electron chi connectivity index (χ2n) is 4.76. The fourth-order valence-electron chi connectivity index (χ4n) is 1.61. The average Bonchev–Trinajstić information content (AvgIpc) is 2.72. The Bertz CT molecular complexity index is 294. The van der Waals surface area contributed by atoms with Crippen LogP contribution in [-0.2, 0) is 6.42 Å². The first kappa shape index (κ1) is 13.7. The first-order chi connectivity index (χ1) is 7.65. The third-order valence-electron chi connectivity index (χ3n) is 2.86. The van der Waals surface area contributed by atoms with E-state index in [0.29, 0.717) is 5.92 Å².